The molecule has 26 heavy (non-hydrogen) atoms. The van der Waals surface area contributed by atoms with Gasteiger partial charge < -0.3 is 14.9 Å². The van der Waals surface area contributed by atoms with Gasteiger partial charge in [-0.2, -0.15) is 0 Å². The van der Waals surface area contributed by atoms with Crippen LogP contribution in [0.5, 0.6) is 11.6 Å². The van der Waals surface area contributed by atoms with Crippen LogP contribution in [0.15, 0.2) is 59.3 Å². The number of benzene rings is 1. The van der Waals surface area contributed by atoms with Crippen molar-refractivity contribution in [2.24, 2.45) is 5.73 Å². The van der Waals surface area contributed by atoms with Gasteiger partial charge in [0.25, 0.3) is 0 Å². The van der Waals surface area contributed by atoms with Crippen molar-refractivity contribution in [2.45, 2.75) is 19.5 Å². The van der Waals surface area contributed by atoms with Gasteiger partial charge in [-0.15, -0.1) is 0 Å². The van der Waals surface area contributed by atoms with E-state index in [1.54, 1.807) is 18.4 Å². The molecule has 0 fully saturated rings. The Balaban J connectivity index is 1.47. The number of nitrogens with zero attached hydrogens (tertiary/aromatic N) is 2. The van der Waals surface area contributed by atoms with E-state index >= 15 is 0 Å². The number of primary amides is 1. The predicted molar refractivity (Wildman–Crippen MR) is 95.8 cm³/mol. The van der Waals surface area contributed by atoms with E-state index in [0.717, 1.165) is 37.6 Å². The van der Waals surface area contributed by atoms with E-state index < -0.39 is 5.91 Å². The predicted octanol–water partition coefficient (Wildman–Crippen LogP) is 3.12. The number of carbonyl (C=O) groups is 1. The molecular weight excluding hydrogens is 330 g/mol. The minimum Gasteiger partial charge on any atom is -0.468 e. The molecule has 3 heterocycles. The lowest BCUT2D eigenvalue weighted by atomic mass is 9.99. The molecule has 0 saturated heterocycles. The summed E-state index contributed by atoms with van der Waals surface area (Å²) in [5.74, 6) is 1.62. The van der Waals surface area contributed by atoms with Gasteiger partial charge in [0.05, 0.1) is 18.4 Å². The minimum absolute atomic E-state index is 0.358. The minimum atomic E-state index is -0.505. The van der Waals surface area contributed by atoms with E-state index in [1.165, 1.54) is 17.3 Å². The van der Waals surface area contributed by atoms with E-state index in [2.05, 4.69) is 16.0 Å². The molecule has 0 radical (unpaired) electrons. The molecule has 1 aliphatic heterocycles. The van der Waals surface area contributed by atoms with E-state index in [4.69, 9.17) is 14.9 Å². The Morgan fingerprint density at radius 1 is 1.23 bits per heavy atom. The van der Waals surface area contributed by atoms with Crippen LogP contribution in [0.1, 0.15) is 27.2 Å². The fourth-order valence-electron chi connectivity index (χ4n) is 3.12. The van der Waals surface area contributed by atoms with Crippen molar-refractivity contribution in [3.05, 3.63) is 77.4 Å². The maximum Gasteiger partial charge on any atom is 0.250 e. The molecule has 2 N–H and O–H groups in total. The number of hydrogen-bond donors (Lipinski definition) is 1. The maximum atomic E-state index is 11.1. The highest BCUT2D eigenvalue weighted by Gasteiger charge is 2.18. The molecule has 1 amide bonds. The van der Waals surface area contributed by atoms with Gasteiger partial charge in [0, 0.05) is 25.4 Å². The molecule has 0 aliphatic carbocycles. The molecule has 4 rings (SSSR count). The number of carbonyl (C=O) groups excluding carboxylic acids is 1. The van der Waals surface area contributed by atoms with Crippen LogP contribution in [0.25, 0.3) is 0 Å². The summed E-state index contributed by atoms with van der Waals surface area (Å²) in [5.41, 5.74) is 8.16. The second-order valence-electron chi connectivity index (χ2n) is 6.32. The molecule has 6 heteroatoms. The third kappa shape index (κ3) is 3.60. The number of furan rings is 1. The van der Waals surface area contributed by atoms with Gasteiger partial charge in [0.2, 0.25) is 11.8 Å². The number of aromatic nitrogens is 1. The molecule has 6 nitrogen and oxygen atoms in total. The van der Waals surface area contributed by atoms with Crippen molar-refractivity contribution in [3.63, 3.8) is 0 Å². The van der Waals surface area contributed by atoms with Crippen LogP contribution in [-0.2, 0) is 19.5 Å². The second kappa shape index (κ2) is 7.01. The molecule has 0 spiro atoms. The molecule has 1 aliphatic rings. The third-order valence-electron chi connectivity index (χ3n) is 4.47. The summed E-state index contributed by atoms with van der Waals surface area (Å²) in [5, 5.41) is 0. The molecule has 0 saturated carbocycles. The Kier molecular flexibility index (Phi) is 4.41. The van der Waals surface area contributed by atoms with Crippen LogP contribution in [0.4, 0.5) is 0 Å². The second-order valence-corrected chi connectivity index (χ2v) is 6.32. The number of ether oxygens (including phenoxy) is 1. The van der Waals surface area contributed by atoms with Gasteiger partial charge in [0.15, 0.2) is 0 Å². The molecule has 1 aromatic carbocycles. The largest absolute Gasteiger partial charge is 0.468 e. The summed E-state index contributed by atoms with van der Waals surface area (Å²) in [6, 6.07) is 13.3. The van der Waals surface area contributed by atoms with Crippen LogP contribution in [0.3, 0.4) is 0 Å². The van der Waals surface area contributed by atoms with Crippen LogP contribution in [0, 0.1) is 0 Å². The Morgan fingerprint density at radius 2 is 2.15 bits per heavy atom. The molecule has 132 valence electrons. The van der Waals surface area contributed by atoms with Gasteiger partial charge in [-0.05, 0) is 47.9 Å². The Labute approximate surface area is 151 Å². The van der Waals surface area contributed by atoms with E-state index in [9.17, 15) is 4.79 Å². The van der Waals surface area contributed by atoms with Crippen LogP contribution in [0.2, 0.25) is 0 Å². The average Bonchev–Trinajstić information content (AvgIpc) is 3.15. The van der Waals surface area contributed by atoms with Crippen LogP contribution >= 0.6 is 0 Å². The zero-order valence-electron chi connectivity index (χ0n) is 14.2. The van der Waals surface area contributed by atoms with E-state index in [1.807, 2.05) is 24.3 Å². The number of fused-ring (bicyclic) bond motifs is 1. The van der Waals surface area contributed by atoms with Gasteiger partial charge in [-0.1, -0.05) is 6.07 Å². The van der Waals surface area contributed by atoms with Crippen molar-refractivity contribution in [2.75, 3.05) is 6.54 Å². The molecule has 0 bridgehead atoms. The first kappa shape index (κ1) is 16.4. The van der Waals surface area contributed by atoms with Crippen molar-refractivity contribution in [1.29, 1.82) is 0 Å². The topological polar surface area (TPSA) is 81.6 Å². The smallest absolute Gasteiger partial charge is 0.250 e. The van der Waals surface area contributed by atoms with E-state index in [-0.39, 0.29) is 0 Å². The number of rotatable bonds is 5. The summed E-state index contributed by atoms with van der Waals surface area (Å²) in [6.45, 7) is 2.65. The fraction of sp³-hybridized carbons (Fsp3) is 0.200. The molecule has 2 aromatic heterocycles. The number of nitrogens with two attached hydrogens (primary N) is 1. The zero-order valence-corrected chi connectivity index (χ0v) is 14.2. The lowest BCUT2D eigenvalue weighted by Crippen LogP contribution is -2.29. The summed E-state index contributed by atoms with van der Waals surface area (Å²) in [7, 11) is 0. The van der Waals surface area contributed by atoms with Gasteiger partial charge >= 0.3 is 0 Å². The highest BCUT2D eigenvalue weighted by molar-refractivity contribution is 5.92. The standard InChI is InChI=1S/C20H19N3O3/c21-20(24)15-4-6-19(22-11-15)26-17-5-3-14-7-8-23(12-16(14)10-17)13-18-2-1-9-25-18/h1-6,9-11H,7-8,12-13H2,(H2,21,24). The van der Waals surface area contributed by atoms with E-state index in [0.29, 0.717) is 11.4 Å². The first-order valence-corrected chi connectivity index (χ1v) is 8.47. The van der Waals surface area contributed by atoms with Crippen LogP contribution < -0.4 is 10.5 Å². The quantitative estimate of drug-likeness (QED) is 0.765. The summed E-state index contributed by atoms with van der Waals surface area (Å²) >= 11 is 0. The number of hydrogen-bond acceptors (Lipinski definition) is 5. The zero-order chi connectivity index (χ0) is 17.9. The fourth-order valence-corrected chi connectivity index (χ4v) is 3.12. The average molecular weight is 349 g/mol. The van der Waals surface area contributed by atoms with Crippen molar-refractivity contribution in [1.82, 2.24) is 9.88 Å². The first-order valence-electron chi connectivity index (χ1n) is 8.47. The highest BCUT2D eigenvalue weighted by Crippen LogP contribution is 2.27. The Morgan fingerprint density at radius 3 is 2.88 bits per heavy atom. The SMILES string of the molecule is NC(=O)c1ccc(Oc2ccc3c(c2)CN(Cc2ccco2)CC3)nc1. The highest BCUT2D eigenvalue weighted by atomic mass is 16.5. The third-order valence-corrected chi connectivity index (χ3v) is 4.47. The Hall–Kier alpha value is -3.12. The van der Waals surface area contributed by atoms with Crippen molar-refractivity contribution in [3.8, 4) is 11.6 Å². The Bertz CT molecular complexity index is 905. The monoisotopic (exact) mass is 349 g/mol. The summed E-state index contributed by atoms with van der Waals surface area (Å²) < 4.78 is 11.3. The molecular formula is C20H19N3O3. The summed E-state index contributed by atoms with van der Waals surface area (Å²) in [6.07, 6.45) is 4.12. The first-order chi connectivity index (χ1) is 12.7. The maximum absolute atomic E-state index is 11.1. The van der Waals surface area contributed by atoms with Crippen molar-refractivity contribution < 1.29 is 13.9 Å². The number of amides is 1. The molecule has 3 aromatic rings. The summed E-state index contributed by atoms with van der Waals surface area (Å²) in [4.78, 5) is 17.6. The van der Waals surface area contributed by atoms with Gasteiger partial charge in [0.1, 0.15) is 11.5 Å². The van der Waals surface area contributed by atoms with Gasteiger partial charge in [-0.3, -0.25) is 9.69 Å². The lowest BCUT2D eigenvalue weighted by molar-refractivity contribution is 0.1000. The number of pyridine rings is 1. The molecule has 0 atom stereocenters. The van der Waals surface area contributed by atoms with Crippen LogP contribution in [-0.4, -0.2) is 22.3 Å². The van der Waals surface area contributed by atoms with Gasteiger partial charge in [-0.25, -0.2) is 4.98 Å². The lowest BCUT2D eigenvalue weighted by Gasteiger charge is -2.28. The molecule has 0 unspecified atom stereocenters. The normalized spacial score (nSPS) is 14.0. The van der Waals surface area contributed by atoms with Crippen molar-refractivity contribution >= 4 is 5.91 Å².